The third-order valence-corrected chi connectivity index (χ3v) is 9.98. The molecular formula is C38H32N3OP. The summed E-state index contributed by atoms with van der Waals surface area (Å²) in [5.41, 5.74) is 9.72. The molecule has 0 fully saturated rings. The summed E-state index contributed by atoms with van der Waals surface area (Å²) in [4.78, 5) is 14.9. The predicted octanol–water partition coefficient (Wildman–Crippen LogP) is 9.09. The summed E-state index contributed by atoms with van der Waals surface area (Å²) in [5, 5.41) is 0.909. The van der Waals surface area contributed by atoms with Crippen LogP contribution in [0.4, 0.5) is 0 Å². The summed E-state index contributed by atoms with van der Waals surface area (Å²) < 4.78 is 12.9. The lowest BCUT2D eigenvalue weighted by atomic mass is 9.82. The van der Waals surface area contributed by atoms with Crippen LogP contribution in [0.15, 0.2) is 121 Å². The fourth-order valence-corrected chi connectivity index (χ4v) is 6.88. The number of benzene rings is 5. The van der Waals surface area contributed by atoms with Gasteiger partial charge in [0, 0.05) is 27.4 Å². The molecule has 43 heavy (non-hydrogen) atoms. The minimum absolute atomic E-state index is 0.212. The summed E-state index contributed by atoms with van der Waals surface area (Å²) in [6.07, 6.45) is 0. The van der Waals surface area contributed by atoms with Crippen molar-refractivity contribution in [2.24, 2.45) is 0 Å². The number of rotatable bonds is 5. The lowest BCUT2D eigenvalue weighted by Gasteiger charge is -2.22. The van der Waals surface area contributed by atoms with Gasteiger partial charge in [-0.1, -0.05) is 123 Å². The summed E-state index contributed by atoms with van der Waals surface area (Å²) in [5.74, 6) is 1.91. The molecule has 0 bridgehead atoms. The molecule has 0 atom stereocenters. The van der Waals surface area contributed by atoms with E-state index in [1.165, 1.54) is 22.3 Å². The number of fused-ring (bicyclic) bond motifs is 3. The first-order valence-electron chi connectivity index (χ1n) is 14.5. The highest BCUT2D eigenvalue weighted by Crippen LogP contribution is 2.50. The average molecular weight is 578 g/mol. The Morgan fingerprint density at radius 1 is 0.488 bits per heavy atom. The van der Waals surface area contributed by atoms with Crippen LogP contribution < -0.4 is 5.30 Å². The third kappa shape index (κ3) is 4.92. The second-order valence-corrected chi connectivity index (χ2v) is 15.3. The predicted molar refractivity (Wildman–Crippen MR) is 178 cm³/mol. The molecular weight excluding hydrogens is 545 g/mol. The molecule has 1 aromatic heterocycles. The fourth-order valence-electron chi connectivity index (χ4n) is 6.01. The first-order chi connectivity index (χ1) is 20.7. The van der Waals surface area contributed by atoms with Gasteiger partial charge in [0.25, 0.3) is 0 Å². The van der Waals surface area contributed by atoms with E-state index >= 15 is 0 Å². The van der Waals surface area contributed by atoms with Crippen LogP contribution in [0.2, 0.25) is 0 Å². The Morgan fingerprint density at radius 3 is 1.58 bits per heavy atom. The van der Waals surface area contributed by atoms with Gasteiger partial charge in [0.1, 0.15) is 7.14 Å². The molecule has 5 heteroatoms. The molecule has 0 unspecified atom stereocenters. The van der Waals surface area contributed by atoms with Crippen LogP contribution in [0.25, 0.3) is 56.4 Å². The number of hydrogen-bond acceptors (Lipinski definition) is 4. The van der Waals surface area contributed by atoms with E-state index in [1.807, 2.05) is 55.8 Å². The summed E-state index contributed by atoms with van der Waals surface area (Å²) in [6.45, 7) is 8.16. The molecule has 0 saturated heterocycles. The quantitative estimate of drug-likeness (QED) is 0.192. The second kappa shape index (κ2) is 10.3. The van der Waals surface area contributed by atoms with E-state index in [9.17, 15) is 4.57 Å². The highest BCUT2D eigenvalue weighted by Gasteiger charge is 2.36. The molecule has 4 nitrogen and oxygen atoms in total. The summed E-state index contributed by atoms with van der Waals surface area (Å²) >= 11 is 0. The summed E-state index contributed by atoms with van der Waals surface area (Å²) in [7, 11) is -2.38. The SMILES string of the molecule is CC1(C)c2ccc(P(C)(C)=O)cc2-c2ccc(-c3nc(-c4ccccc4)nc(-c4ccc(-c5ccccc5)cc4)n3)cc21. The van der Waals surface area contributed by atoms with Crippen molar-refractivity contribution < 1.29 is 4.57 Å². The lowest BCUT2D eigenvalue weighted by molar-refractivity contribution is 0.588. The zero-order valence-corrected chi connectivity index (χ0v) is 25.6. The highest BCUT2D eigenvalue weighted by atomic mass is 31.2. The zero-order valence-electron chi connectivity index (χ0n) is 24.7. The van der Waals surface area contributed by atoms with Gasteiger partial charge < -0.3 is 4.57 Å². The van der Waals surface area contributed by atoms with Gasteiger partial charge in [-0.25, -0.2) is 15.0 Å². The van der Waals surface area contributed by atoms with Gasteiger partial charge in [-0.2, -0.15) is 0 Å². The second-order valence-electron chi connectivity index (χ2n) is 12.1. The molecule has 0 saturated carbocycles. The van der Waals surface area contributed by atoms with E-state index in [0.29, 0.717) is 17.5 Å². The highest BCUT2D eigenvalue weighted by molar-refractivity contribution is 7.70. The van der Waals surface area contributed by atoms with Crippen molar-refractivity contribution in [1.82, 2.24) is 15.0 Å². The van der Waals surface area contributed by atoms with Crippen molar-refractivity contribution in [3.05, 3.63) is 132 Å². The van der Waals surface area contributed by atoms with Crippen LogP contribution >= 0.6 is 7.14 Å². The Bertz CT molecular complexity index is 2030. The van der Waals surface area contributed by atoms with E-state index < -0.39 is 7.14 Å². The van der Waals surface area contributed by atoms with Gasteiger partial charge in [0.2, 0.25) is 0 Å². The van der Waals surface area contributed by atoms with Crippen LogP contribution in [0, 0.1) is 0 Å². The normalized spacial score (nSPS) is 13.4. The van der Waals surface area contributed by atoms with Crippen molar-refractivity contribution in [2.45, 2.75) is 19.3 Å². The van der Waals surface area contributed by atoms with Crippen LogP contribution in [0.1, 0.15) is 25.0 Å². The van der Waals surface area contributed by atoms with Gasteiger partial charge in [-0.3, -0.25) is 0 Å². The van der Waals surface area contributed by atoms with Crippen molar-refractivity contribution in [3.63, 3.8) is 0 Å². The van der Waals surface area contributed by atoms with Gasteiger partial charge in [0.05, 0.1) is 0 Å². The van der Waals surface area contributed by atoms with Crippen LogP contribution in [-0.2, 0) is 9.98 Å². The molecule has 5 aromatic carbocycles. The van der Waals surface area contributed by atoms with E-state index in [-0.39, 0.29) is 5.41 Å². The molecule has 6 aromatic rings. The molecule has 0 N–H and O–H groups in total. The van der Waals surface area contributed by atoms with Crippen LogP contribution in [0.5, 0.6) is 0 Å². The average Bonchev–Trinajstić information content (AvgIpc) is 3.26. The maximum Gasteiger partial charge on any atom is 0.164 e. The number of nitrogens with zero attached hydrogens (tertiary/aromatic N) is 3. The van der Waals surface area contributed by atoms with Gasteiger partial charge >= 0.3 is 0 Å². The Balaban J connectivity index is 1.35. The van der Waals surface area contributed by atoms with Crippen molar-refractivity contribution >= 4 is 12.4 Å². The largest absolute Gasteiger partial charge is 0.319 e. The Kier molecular flexibility index (Phi) is 6.49. The molecule has 1 heterocycles. The minimum atomic E-state index is -2.38. The first-order valence-corrected chi connectivity index (χ1v) is 17.1. The van der Waals surface area contributed by atoms with E-state index in [4.69, 9.17) is 15.0 Å². The molecule has 1 aliphatic rings. The van der Waals surface area contributed by atoms with Gasteiger partial charge in [0.15, 0.2) is 17.5 Å². The van der Waals surface area contributed by atoms with Crippen molar-refractivity contribution in [2.75, 3.05) is 13.3 Å². The fraction of sp³-hybridized carbons (Fsp3) is 0.132. The van der Waals surface area contributed by atoms with Crippen molar-refractivity contribution in [3.8, 4) is 56.4 Å². The molecule has 0 spiro atoms. The molecule has 0 radical (unpaired) electrons. The van der Waals surface area contributed by atoms with E-state index in [2.05, 4.69) is 92.7 Å². The molecule has 7 rings (SSSR count). The van der Waals surface area contributed by atoms with Gasteiger partial charge in [-0.05, 0) is 58.8 Å². The standard InChI is InChI=1S/C38H32N3OP/c1-38(2)33-22-20-30(43(3,4)42)24-32(33)31-21-19-29(23-34(31)38)37-40-35(27-13-9-6-10-14-27)39-36(41-37)28-17-15-26(16-18-28)25-11-7-5-8-12-25/h5-24H,1-4H3. The molecule has 210 valence electrons. The molecule has 0 amide bonds. The van der Waals surface area contributed by atoms with E-state index in [0.717, 1.165) is 33.1 Å². The van der Waals surface area contributed by atoms with E-state index in [1.54, 1.807) is 0 Å². The number of hydrogen-bond donors (Lipinski definition) is 0. The monoisotopic (exact) mass is 577 g/mol. The Hall–Kier alpha value is -4.66. The topological polar surface area (TPSA) is 55.7 Å². The maximum absolute atomic E-state index is 12.9. The van der Waals surface area contributed by atoms with Crippen molar-refractivity contribution in [1.29, 1.82) is 0 Å². The van der Waals surface area contributed by atoms with Crippen LogP contribution in [0.3, 0.4) is 0 Å². The maximum atomic E-state index is 12.9. The lowest BCUT2D eigenvalue weighted by Crippen LogP contribution is -2.16. The smallest absolute Gasteiger partial charge is 0.164 e. The first kappa shape index (κ1) is 27.2. The number of aromatic nitrogens is 3. The minimum Gasteiger partial charge on any atom is -0.319 e. The van der Waals surface area contributed by atoms with Crippen LogP contribution in [-0.4, -0.2) is 28.3 Å². The Labute approximate surface area is 252 Å². The molecule has 1 aliphatic carbocycles. The van der Waals surface area contributed by atoms with Gasteiger partial charge in [-0.15, -0.1) is 0 Å². The Morgan fingerprint density at radius 2 is 0.977 bits per heavy atom. The zero-order chi connectivity index (χ0) is 29.8. The summed E-state index contributed by atoms with van der Waals surface area (Å²) in [6, 6.07) is 41.6. The molecule has 0 aliphatic heterocycles. The third-order valence-electron chi connectivity index (χ3n) is 8.46.